The number of ether oxygens (including phenoxy) is 1. The Balaban J connectivity index is 1.95. The number of nitrogen functional groups attached to an aromatic ring is 1. The fourth-order valence-electron chi connectivity index (χ4n) is 2.03. The van der Waals surface area contributed by atoms with E-state index in [4.69, 9.17) is 10.5 Å². The molecule has 1 aromatic heterocycles. The third kappa shape index (κ3) is 2.41. The van der Waals surface area contributed by atoms with Crippen molar-refractivity contribution in [3.05, 3.63) is 17.8 Å². The second kappa shape index (κ2) is 4.51. The smallest absolute Gasteiger partial charge is 0.237 e. The Hall–Kier alpha value is -1.25. The molecule has 82 valence electrons. The largest absolute Gasteiger partial charge is 0.476 e. The van der Waals surface area contributed by atoms with Crippen molar-refractivity contribution in [2.24, 2.45) is 5.92 Å². The zero-order valence-corrected chi connectivity index (χ0v) is 9.20. The number of rotatable bonds is 3. The van der Waals surface area contributed by atoms with E-state index in [1.807, 2.05) is 13.0 Å². The van der Waals surface area contributed by atoms with Gasteiger partial charge < -0.3 is 10.5 Å². The van der Waals surface area contributed by atoms with Gasteiger partial charge in [-0.1, -0.05) is 12.8 Å². The zero-order valence-electron chi connectivity index (χ0n) is 9.20. The summed E-state index contributed by atoms with van der Waals surface area (Å²) in [5.74, 6) is 1.30. The summed E-state index contributed by atoms with van der Waals surface area (Å²) < 4.78 is 5.67. The van der Waals surface area contributed by atoms with Crippen LogP contribution in [0.25, 0.3) is 0 Å². The first-order valence-electron chi connectivity index (χ1n) is 5.61. The topological polar surface area (TPSA) is 48.1 Å². The summed E-state index contributed by atoms with van der Waals surface area (Å²) in [6.07, 6.45) is 6.99. The molecule has 0 bridgehead atoms. The first-order valence-corrected chi connectivity index (χ1v) is 5.61. The van der Waals surface area contributed by atoms with Crippen molar-refractivity contribution in [2.75, 3.05) is 12.3 Å². The second-order valence-electron chi connectivity index (χ2n) is 4.31. The van der Waals surface area contributed by atoms with Gasteiger partial charge in [-0.25, -0.2) is 4.98 Å². The molecule has 0 spiro atoms. The quantitative estimate of drug-likeness (QED) is 0.826. The number of nitrogens with zero attached hydrogens (tertiary/aromatic N) is 1. The van der Waals surface area contributed by atoms with Gasteiger partial charge in [-0.15, -0.1) is 0 Å². The van der Waals surface area contributed by atoms with Gasteiger partial charge >= 0.3 is 0 Å². The standard InChI is InChI=1S/C12H18N2O/c1-9-6-7-14-12(11(9)13)15-8-10-4-2-3-5-10/h6-7,10H,2-5,8,13H2,1H3. The molecule has 2 N–H and O–H groups in total. The first-order chi connectivity index (χ1) is 7.27. The minimum Gasteiger partial charge on any atom is -0.476 e. The van der Waals surface area contributed by atoms with Crippen molar-refractivity contribution >= 4 is 5.69 Å². The van der Waals surface area contributed by atoms with Crippen LogP contribution in [0.1, 0.15) is 31.2 Å². The lowest BCUT2D eigenvalue weighted by molar-refractivity contribution is 0.245. The molecule has 0 radical (unpaired) electrons. The monoisotopic (exact) mass is 206 g/mol. The maximum atomic E-state index is 5.88. The first kappa shape index (κ1) is 10.3. The summed E-state index contributed by atoms with van der Waals surface area (Å²) in [6, 6.07) is 1.90. The fraction of sp³-hybridized carbons (Fsp3) is 0.583. The number of anilines is 1. The van der Waals surface area contributed by atoms with Crippen LogP contribution in [0, 0.1) is 12.8 Å². The van der Waals surface area contributed by atoms with Gasteiger partial charge in [0.15, 0.2) is 0 Å². The Labute approximate surface area is 90.7 Å². The van der Waals surface area contributed by atoms with E-state index in [0.29, 0.717) is 17.5 Å². The highest BCUT2D eigenvalue weighted by Gasteiger charge is 2.16. The van der Waals surface area contributed by atoms with Gasteiger partial charge in [-0.3, -0.25) is 0 Å². The number of nitrogens with two attached hydrogens (primary N) is 1. The molecular formula is C12H18N2O. The molecule has 0 aliphatic heterocycles. The van der Waals surface area contributed by atoms with Crippen LogP contribution < -0.4 is 10.5 Å². The highest BCUT2D eigenvalue weighted by molar-refractivity contribution is 5.53. The highest BCUT2D eigenvalue weighted by Crippen LogP contribution is 2.27. The molecule has 3 nitrogen and oxygen atoms in total. The summed E-state index contributed by atoms with van der Waals surface area (Å²) in [4.78, 5) is 4.15. The van der Waals surface area contributed by atoms with Crippen LogP contribution in [0.3, 0.4) is 0 Å². The van der Waals surface area contributed by atoms with Crippen molar-refractivity contribution in [3.63, 3.8) is 0 Å². The lowest BCUT2D eigenvalue weighted by Gasteiger charge is -2.12. The number of hydrogen-bond acceptors (Lipinski definition) is 3. The predicted molar refractivity (Wildman–Crippen MR) is 60.8 cm³/mol. The molecule has 0 amide bonds. The van der Waals surface area contributed by atoms with Gasteiger partial charge in [0, 0.05) is 6.20 Å². The zero-order chi connectivity index (χ0) is 10.7. The molecule has 0 saturated heterocycles. The molecule has 1 aromatic rings. The highest BCUT2D eigenvalue weighted by atomic mass is 16.5. The van der Waals surface area contributed by atoms with E-state index in [0.717, 1.165) is 12.2 Å². The van der Waals surface area contributed by atoms with Crippen molar-refractivity contribution in [2.45, 2.75) is 32.6 Å². The van der Waals surface area contributed by atoms with Gasteiger partial charge in [0.2, 0.25) is 5.88 Å². The minimum atomic E-state index is 0.599. The van der Waals surface area contributed by atoms with Crippen LogP contribution in [0.5, 0.6) is 5.88 Å². The maximum Gasteiger partial charge on any atom is 0.237 e. The molecule has 3 heteroatoms. The number of hydrogen-bond donors (Lipinski definition) is 1. The average Bonchev–Trinajstić information content (AvgIpc) is 2.73. The van der Waals surface area contributed by atoms with Crippen molar-refractivity contribution in [3.8, 4) is 5.88 Å². The van der Waals surface area contributed by atoms with Gasteiger partial charge in [0.1, 0.15) is 0 Å². The molecule has 1 aliphatic rings. The SMILES string of the molecule is Cc1ccnc(OCC2CCCC2)c1N. The summed E-state index contributed by atoms with van der Waals surface area (Å²) in [6.45, 7) is 2.74. The van der Waals surface area contributed by atoms with Crippen LogP contribution in [-0.2, 0) is 0 Å². The number of pyridine rings is 1. The van der Waals surface area contributed by atoms with E-state index < -0.39 is 0 Å². The summed E-state index contributed by atoms with van der Waals surface area (Å²) >= 11 is 0. The minimum absolute atomic E-state index is 0.599. The van der Waals surface area contributed by atoms with E-state index in [9.17, 15) is 0 Å². The lowest BCUT2D eigenvalue weighted by Crippen LogP contribution is -2.10. The molecule has 1 saturated carbocycles. The lowest BCUT2D eigenvalue weighted by atomic mass is 10.1. The number of aromatic nitrogens is 1. The Bertz CT molecular complexity index is 332. The Morgan fingerprint density at radius 1 is 1.47 bits per heavy atom. The molecule has 0 unspecified atom stereocenters. The second-order valence-corrected chi connectivity index (χ2v) is 4.31. The van der Waals surface area contributed by atoms with Gasteiger partial charge in [-0.2, -0.15) is 0 Å². The van der Waals surface area contributed by atoms with E-state index in [1.165, 1.54) is 25.7 Å². The van der Waals surface area contributed by atoms with E-state index in [1.54, 1.807) is 6.20 Å². The van der Waals surface area contributed by atoms with Crippen LogP contribution in [0.2, 0.25) is 0 Å². The molecular weight excluding hydrogens is 188 g/mol. The predicted octanol–water partition coefficient (Wildman–Crippen LogP) is 2.54. The molecule has 2 rings (SSSR count). The average molecular weight is 206 g/mol. The van der Waals surface area contributed by atoms with Crippen LogP contribution in [0.4, 0.5) is 5.69 Å². The van der Waals surface area contributed by atoms with Gasteiger partial charge in [0.05, 0.1) is 12.3 Å². The van der Waals surface area contributed by atoms with Crippen molar-refractivity contribution in [1.82, 2.24) is 4.98 Å². The molecule has 0 atom stereocenters. The maximum absolute atomic E-state index is 5.88. The Kier molecular flexibility index (Phi) is 3.09. The third-order valence-electron chi connectivity index (χ3n) is 3.10. The van der Waals surface area contributed by atoms with E-state index >= 15 is 0 Å². The molecule has 0 aromatic carbocycles. The Morgan fingerprint density at radius 3 is 2.93 bits per heavy atom. The molecule has 1 fully saturated rings. The number of aryl methyl sites for hydroxylation is 1. The summed E-state index contributed by atoms with van der Waals surface area (Å²) in [7, 11) is 0. The van der Waals surface area contributed by atoms with Crippen LogP contribution in [0.15, 0.2) is 12.3 Å². The summed E-state index contributed by atoms with van der Waals surface area (Å²) in [5, 5.41) is 0. The van der Waals surface area contributed by atoms with E-state index in [2.05, 4.69) is 4.98 Å². The van der Waals surface area contributed by atoms with Crippen molar-refractivity contribution < 1.29 is 4.74 Å². The fourth-order valence-corrected chi connectivity index (χ4v) is 2.03. The van der Waals surface area contributed by atoms with Gasteiger partial charge in [-0.05, 0) is 37.3 Å². The Morgan fingerprint density at radius 2 is 2.20 bits per heavy atom. The summed E-state index contributed by atoms with van der Waals surface area (Å²) in [5.41, 5.74) is 7.59. The third-order valence-corrected chi connectivity index (χ3v) is 3.10. The van der Waals surface area contributed by atoms with Crippen LogP contribution in [-0.4, -0.2) is 11.6 Å². The molecule has 1 aliphatic carbocycles. The van der Waals surface area contributed by atoms with Crippen LogP contribution >= 0.6 is 0 Å². The van der Waals surface area contributed by atoms with E-state index in [-0.39, 0.29) is 0 Å². The molecule has 15 heavy (non-hydrogen) atoms. The molecule has 1 heterocycles. The normalized spacial score (nSPS) is 16.9. The van der Waals surface area contributed by atoms with Gasteiger partial charge in [0.25, 0.3) is 0 Å². The van der Waals surface area contributed by atoms with Crippen molar-refractivity contribution in [1.29, 1.82) is 0 Å².